The molecule has 4 aromatic rings. The number of carbonyl (C=O) groups excluding carboxylic acids is 2. The van der Waals surface area contributed by atoms with Crippen LogP contribution in [0.5, 0.6) is 0 Å². The predicted molar refractivity (Wildman–Crippen MR) is 117 cm³/mol. The average Bonchev–Trinajstić information content (AvgIpc) is 3.28. The lowest BCUT2D eigenvalue weighted by atomic mass is 10.1. The molecule has 30 heavy (non-hydrogen) atoms. The van der Waals surface area contributed by atoms with E-state index in [2.05, 4.69) is 0 Å². The molecule has 0 unspecified atom stereocenters. The fourth-order valence-electron chi connectivity index (χ4n) is 3.40. The van der Waals surface area contributed by atoms with Gasteiger partial charge in [0.2, 0.25) is 0 Å². The quantitative estimate of drug-likeness (QED) is 0.354. The van der Waals surface area contributed by atoms with Crippen LogP contribution in [0.4, 0.5) is 0 Å². The van der Waals surface area contributed by atoms with E-state index in [9.17, 15) is 14.4 Å². The molecule has 4 rings (SSSR count). The van der Waals surface area contributed by atoms with Gasteiger partial charge in [-0.15, -0.1) is 11.3 Å². The van der Waals surface area contributed by atoms with Crippen molar-refractivity contribution in [2.24, 2.45) is 0 Å². The number of para-hydroxylation sites is 2. The molecule has 6 nitrogen and oxygen atoms in total. The standard InChI is InChI=1S/C23H20N2O4S/c1-24(13-16-7-6-12-30-16)21(26)15-29-22(27)14-25-19-10-4-2-8-17(19)23(28)18-9-3-5-11-20(18)25/h2-12H,13-15H2,1H3. The molecule has 0 saturated carbocycles. The fourth-order valence-corrected chi connectivity index (χ4v) is 4.16. The van der Waals surface area contributed by atoms with Gasteiger partial charge in [0, 0.05) is 22.7 Å². The molecular weight excluding hydrogens is 400 g/mol. The lowest BCUT2D eigenvalue weighted by Crippen LogP contribution is -2.31. The predicted octanol–water partition coefficient (Wildman–Crippen LogP) is 3.42. The number of esters is 1. The highest BCUT2D eigenvalue weighted by Gasteiger charge is 2.16. The first-order chi connectivity index (χ1) is 14.5. The Labute approximate surface area is 176 Å². The second-order valence-corrected chi connectivity index (χ2v) is 7.97. The third-order valence-electron chi connectivity index (χ3n) is 4.92. The van der Waals surface area contributed by atoms with E-state index in [0.717, 1.165) is 4.88 Å². The maximum absolute atomic E-state index is 12.8. The first kappa shape index (κ1) is 19.8. The van der Waals surface area contributed by atoms with Gasteiger partial charge in [0.05, 0.1) is 17.6 Å². The number of fused-ring (bicyclic) bond motifs is 2. The second-order valence-electron chi connectivity index (χ2n) is 6.94. The lowest BCUT2D eigenvalue weighted by molar-refractivity contribution is -0.152. The van der Waals surface area contributed by atoms with Crippen molar-refractivity contribution in [1.82, 2.24) is 9.47 Å². The maximum atomic E-state index is 12.8. The summed E-state index contributed by atoms with van der Waals surface area (Å²) in [4.78, 5) is 40.2. The van der Waals surface area contributed by atoms with Crippen LogP contribution < -0.4 is 5.43 Å². The number of rotatable bonds is 6. The molecule has 152 valence electrons. The molecule has 0 N–H and O–H groups in total. The van der Waals surface area contributed by atoms with Gasteiger partial charge in [0.1, 0.15) is 6.54 Å². The van der Waals surface area contributed by atoms with Gasteiger partial charge in [0.15, 0.2) is 12.0 Å². The van der Waals surface area contributed by atoms with Crippen molar-refractivity contribution in [2.45, 2.75) is 13.1 Å². The molecule has 0 aliphatic carbocycles. The second kappa shape index (κ2) is 8.51. The van der Waals surface area contributed by atoms with E-state index in [1.165, 1.54) is 4.90 Å². The molecular formula is C23H20N2O4S. The molecule has 2 aromatic carbocycles. The largest absolute Gasteiger partial charge is 0.454 e. The highest BCUT2D eigenvalue weighted by molar-refractivity contribution is 7.09. The maximum Gasteiger partial charge on any atom is 0.326 e. The SMILES string of the molecule is CN(Cc1cccs1)C(=O)COC(=O)Cn1c2ccccc2c(=O)c2ccccc21. The van der Waals surface area contributed by atoms with Crippen molar-refractivity contribution in [1.29, 1.82) is 0 Å². The number of ether oxygens (including phenoxy) is 1. The highest BCUT2D eigenvalue weighted by atomic mass is 32.1. The summed E-state index contributed by atoms with van der Waals surface area (Å²) in [5.41, 5.74) is 1.23. The van der Waals surface area contributed by atoms with E-state index in [1.54, 1.807) is 59.3 Å². The Bertz CT molecular complexity index is 1220. The van der Waals surface area contributed by atoms with E-state index < -0.39 is 5.97 Å². The normalized spacial score (nSPS) is 11.0. The summed E-state index contributed by atoms with van der Waals surface area (Å²) in [5, 5.41) is 3.03. The number of carbonyl (C=O) groups is 2. The van der Waals surface area contributed by atoms with Crippen LogP contribution in [-0.2, 0) is 27.4 Å². The number of likely N-dealkylation sites (N-methyl/N-ethyl adjacent to an activating group) is 1. The molecule has 0 fully saturated rings. The zero-order chi connectivity index (χ0) is 21.1. The van der Waals surface area contributed by atoms with E-state index in [0.29, 0.717) is 28.4 Å². The topological polar surface area (TPSA) is 68.6 Å². The first-order valence-electron chi connectivity index (χ1n) is 9.47. The lowest BCUT2D eigenvalue weighted by Gasteiger charge is -2.17. The summed E-state index contributed by atoms with van der Waals surface area (Å²) < 4.78 is 7.01. The fraction of sp³-hybridized carbons (Fsp3) is 0.174. The summed E-state index contributed by atoms with van der Waals surface area (Å²) in [7, 11) is 1.68. The van der Waals surface area contributed by atoms with Crippen molar-refractivity contribution in [3.63, 3.8) is 0 Å². The number of hydrogen-bond acceptors (Lipinski definition) is 5. The Morgan fingerprint density at radius 2 is 1.60 bits per heavy atom. The Balaban J connectivity index is 1.52. The van der Waals surface area contributed by atoms with Gasteiger partial charge < -0.3 is 14.2 Å². The van der Waals surface area contributed by atoms with Crippen LogP contribution >= 0.6 is 11.3 Å². The first-order valence-corrected chi connectivity index (χ1v) is 10.3. The summed E-state index contributed by atoms with van der Waals surface area (Å²) >= 11 is 1.57. The third kappa shape index (κ3) is 3.97. The van der Waals surface area contributed by atoms with Crippen LogP contribution in [0.1, 0.15) is 4.88 Å². The minimum absolute atomic E-state index is 0.0730. The minimum atomic E-state index is -0.535. The summed E-state index contributed by atoms with van der Waals surface area (Å²) in [6, 6.07) is 18.2. The molecule has 7 heteroatoms. The van der Waals surface area contributed by atoms with E-state index in [4.69, 9.17) is 4.74 Å². The van der Waals surface area contributed by atoms with Gasteiger partial charge in [0.25, 0.3) is 5.91 Å². The van der Waals surface area contributed by atoms with Crippen LogP contribution in [0.25, 0.3) is 21.8 Å². The van der Waals surface area contributed by atoms with Gasteiger partial charge in [-0.2, -0.15) is 0 Å². The molecule has 0 spiro atoms. The molecule has 0 atom stereocenters. The Hall–Kier alpha value is -3.45. The number of hydrogen-bond donors (Lipinski definition) is 0. The van der Waals surface area contributed by atoms with Crippen molar-refractivity contribution in [3.8, 4) is 0 Å². The molecule has 0 radical (unpaired) electrons. The monoisotopic (exact) mass is 420 g/mol. The number of benzene rings is 2. The van der Waals surface area contributed by atoms with Gasteiger partial charge in [-0.3, -0.25) is 14.4 Å². The van der Waals surface area contributed by atoms with Crippen molar-refractivity contribution >= 4 is 45.0 Å². The van der Waals surface area contributed by atoms with Crippen LogP contribution in [0.3, 0.4) is 0 Å². The number of aromatic nitrogens is 1. The molecule has 2 aromatic heterocycles. The Morgan fingerprint density at radius 3 is 2.20 bits per heavy atom. The van der Waals surface area contributed by atoms with Crippen molar-refractivity contribution < 1.29 is 14.3 Å². The van der Waals surface area contributed by atoms with Gasteiger partial charge >= 0.3 is 5.97 Å². The van der Waals surface area contributed by atoms with Crippen LogP contribution in [0.15, 0.2) is 70.8 Å². The number of amides is 1. The van der Waals surface area contributed by atoms with Gasteiger partial charge in [-0.05, 0) is 35.7 Å². The van der Waals surface area contributed by atoms with Crippen LogP contribution in [0.2, 0.25) is 0 Å². The summed E-state index contributed by atoms with van der Waals surface area (Å²) in [5.74, 6) is -0.807. The minimum Gasteiger partial charge on any atom is -0.454 e. The van der Waals surface area contributed by atoms with E-state index in [-0.39, 0.29) is 24.5 Å². The smallest absolute Gasteiger partial charge is 0.326 e. The van der Waals surface area contributed by atoms with Crippen molar-refractivity contribution in [3.05, 3.63) is 81.1 Å². The van der Waals surface area contributed by atoms with E-state index >= 15 is 0 Å². The Morgan fingerprint density at radius 1 is 0.967 bits per heavy atom. The molecule has 1 amide bonds. The Kier molecular flexibility index (Phi) is 5.63. The number of nitrogens with zero attached hydrogens (tertiary/aromatic N) is 2. The van der Waals surface area contributed by atoms with E-state index in [1.807, 2.05) is 29.6 Å². The van der Waals surface area contributed by atoms with Crippen LogP contribution in [0, 0.1) is 0 Å². The van der Waals surface area contributed by atoms with Crippen molar-refractivity contribution in [2.75, 3.05) is 13.7 Å². The zero-order valence-corrected chi connectivity index (χ0v) is 17.2. The number of thiophene rings is 1. The number of pyridine rings is 1. The molecule has 0 bridgehead atoms. The molecule has 0 saturated heterocycles. The molecule has 0 aliphatic heterocycles. The average molecular weight is 420 g/mol. The van der Waals surface area contributed by atoms with Crippen LogP contribution in [-0.4, -0.2) is 35.0 Å². The van der Waals surface area contributed by atoms with Gasteiger partial charge in [-0.25, -0.2) is 0 Å². The highest BCUT2D eigenvalue weighted by Crippen LogP contribution is 2.19. The van der Waals surface area contributed by atoms with Gasteiger partial charge in [-0.1, -0.05) is 30.3 Å². The summed E-state index contributed by atoms with van der Waals surface area (Å²) in [6.45, 7) is 0.0586. The molecule has 0 aliphatic rings. The summed E-state index contributed by atoms with van der Waals surface area (Å²) in [6.07, 6.45) is 0. The zero-order valence-electron chi connectivity index (χ0n) is 16.4. The third-order valence-corrected chi connectivity index (χ3v) is 5.78. The molecule has 2 heterocycles.